The number of hydrogen-bond donors (Lipinski definition) is 1. The summed E-state index contributed by atoms with van der Waals surface area (Å²) in [6.45, 7) is 5.12. The van der Waals surface area contributed by atoms with Crippen LogP contribution in [-0.2, 0) is 0 Å². The number of amides is 1. The minimum atomic E-state index is -0.0330. The molecular weight excluding hydrogens is 290 g/mol. The molecule has 3 rings (SSSR count). The predicted octanol–water partition coefficient (Wildman–Crippen LogP) is 1.80. The largest absolute Gasteiger partial charge is 0.347 e. The topological polar surface area (TPSA) is 76.0 Å². The van der Waals surface area contributed by atoms with Crippen LogP contribution < -0.4 is 0 Å². The van der Waals surface area contributed by atoms with Crippen molar-refractivity contribution in [2.24, 2.45) is 0 Å². The van der Waals surface area contributed by atoms with E-state index in [4.69, 9.17) is 5.26 Å². The molecule has 23 heavy (non-hydrogen) atoms. The number of carbonyl (C=O) groups is 1. The first-order valence-electron chi connectivity index (χ1n) is 7.75. The zero-order valence-corrected chi connectivity index (χ0v) is 13.1. The Balaban J connectivity index is 1.80. The molecule has 2 aromatic rings. The molecule has 0 bridgehead atoms. The zero-order valence-electron chi connectivity index (χ0n) is 13.1. The van der Waals surface area contributed by atoms with Gasteiger partial charge in [0, 0.05) is 37.6 Å². The summed E-state index contributed by atoms with van der Waals surface area (Å²) in [5, 5.41) is 8.99. The Bertz CT molecular complexity index is 719. The van der Waals surface area contributed by atoms with Gasteiger partial charge < -0.3 is 9.88 Å². The number of benzene rings is 1. The van der Waals surface area contributed by atoms with Gasteiger partial charge >= 0.3 is 0 Å². The standard InChI is InChI=1S/C17H19N5O/c1-2-21-8-9-22(12-15(21)16-19-6-7-20-16)17(23)14-5-3-4-13(10-14)11-18/h3-7,10,15H,2,8-9,12H2,1H3,(H,19,20)/t15-/m0/s1. The van der Waals surface area contributed by atoms with Crippen LogP contribution in [0.4, 0.5) is 0 Å². The van der Waals surface area contributed by atoms with E-state index in [0.717, 1.165) is 18.9 Å². The lowest BCUT2D eigenvalue weighted by Gasteiger charge is -2.40. The Morgan fingerprint density at radius 1 is 1.48 bits per heavy atom. The maximum atomic E-state index is 12.7. The van der Waals surface area contributed by atoms with E-state index in [0.29, 0.717) is 24.2 Å². The molecule has 1 aliphatic heterocycles. The summed E-state index contributed by atoms with van der Waals surface area (Å²) in [4.78, 5) is 24.4. The van der Waals surface area contributed by atoms with Crippen LogP contribution in [0.5, 0.6) is 0 Å². The predicted molar refractivity (Wildman–Crippen MR) is 85.6 cm³/mol. The molecule has 1 aromatic carbocycles. The molecule has 1 N–H and O–H groups in total. The Morgan fingerprint density at radius 3 is 3.04 bits per heavy atom. The minimum absolute atomic E-state index is 0.0330. The summed E-state index contributed by atoms with van der Waals surface area (Å²) in [5.74, 6) is 0.851. The number of carbonyl (C=O) groups excluding carboxylic acids is 1. The normalized spacial score (nSPS) is 18.6. The van der Waals surface area contributed by atoms with Gasteiger partial charge in [-0.05, 0) is 24.7 Å². The first kappa shape index (κ1) is 15.3. The van der Waals surface area contributed by atoms with Gasteiger partial charge in [0.05, 0.1) is 17.7 Å². The molecule has 0 unspecified atom stereocenters. The van der Waals surface area contributed by atoms with Crippen LogP contribution in [0.3, 0.4) is 0 Å². The van der Waals surface area contributed by atoms with Crippen LogP contribution in [0.15, 0.2) is 36.7 Å². The fourth-order valence-electron chi connectivity index (χ4n) is 3.01. The average Bonchev–Trinajstić information content (AvgIpc) is 3.15. The summed E-state index contributed by atoms with van der Waals surface area (Å²) in [6, 6.07) is 9.02. The van der Waals surface area contributed by atoms with E-state index in [1.54, 1.807) is 36.7 Å². The number of nitrogens with one attached hydrogen (secondary N) is 1. The minimum Gasteiger partial charge on any atom is -0.347 e. The molecule has 1 aromatic heterocycles. The summed E-state index contributed by atoms with van der Waals surface area (Å²) in [6.07, 6.45) is 3.54. The lowest BCUT2D eigenvalue weighted by molar-refractivity contribution is 0.0480. The Morgan fingerprint density at radius 2 is 2.35 bits per heavy atom. The van der Waals surface area contributed by atoms with Crippen molar-refractivity contribution in [1.29, 1.82) is 5.26 Å². The van der Waals surface area contributed by atoms with Crippen LogP contribution in [0.2, 0.25) is 0 Å². The highest BCUT2D eigenvalue weighted by atomic mass is 16.2. The second-order valence-corrected chi connectivity index (χ2v) is 5.56. The second kappa shape index (κ2) is 6.63. The maximum Gasteiger partial charge on any atom is 0.254 e. The van der Waals surface area contributed by atoms with Gasteiger partial charge in [-0.1, -0.05) is 13.0 Å². The van der Waals surface area contributed by atoms with Crippen LogP contribution in [0.1, 0.15) is 34.7 Å². The number of likely N-dealkylation sites (N-methyl/N-ethyl adjacent to an activating group) is 1. The van der Waals surface area contributed by atoms with Crippen molar-refractivity contribution < 1.29 is 4.79 Å². The van der Waals surface area contributed by atoms with Crippen molar-refractivity contribution >= 4 is 5.91 Å². The molecule has 0 aliphatic carbocycles. The maximum absolute atomic E-state index is 12.7. The first-order valence-corrected chi connectivity index (χ1v) is 7.75. The van der Waals surface area contributed by atoms with Gasteiger partial charge in [-0.25, -0.2) is 4.98 Å². The number of hydrogen-bond acceptors (Lipinski definition) is 4. The fraction of sp³-hybridized carbons (Fsp3) is 0.353. The number of nitriles is 1. The lowest BCUT2D eigenvalue weighted by Crippen LogP contribution is -2.50. The third-order valence-electron chi connectivity index (χ3n) is 4.26. The van der Waals surface area contributed by atoms with Crippen molar-refractivity contribution in [2.75, 3.05) is 26.2 Å². The molecule has 1 fully saturated rings. The molecule has 1 atom stereocenters. The summed E-state index contributed by atoms with van der Waals surface area (Å²) >= 11 is 0. The third kappa shape index (κ3) is 3.10. The van der Waals surface area contributed by atoms with E-state index >= 15 is 0 Å². The molecular formula is C17H19N5O. The van der Waals surface area contributed by atoms with E-state index in [1.165, 1.54) is 0 Å². The van der Waals surface area contributed by atoms with Gasteiger partial charge in [0.15, 0.2) is 0 Å². The van der Waals surface area contributed by atoms with Crippen LogP contribution in [0.25, 0.3) is 0 Å². The Labute approximate surface area is 135 Å². The van der Waals surface area contributed by atoms with Crippen molar-refractivity contribution in [1.82, 2.24) is 19.8 Å². The number of nitrogens with zero attached hydrogens (tertiary/aromatic N) is 4. The summed E-state index contributed by atoms with van der Waals surface area (Å²) < 4.78 is 0. The molecule has 0 radical (unpaired) electrons. The summed E-state index contributed by atoms with van der Waals surface area (Å²) in [7, 11) is 0. The van der Waals surface area contributed by atoms with E-state index in [-0.39, 0.29) is 11.9 Å². The number of aromatic amines is 1. The van der Waals surface area contributed by atoms with Crippen LogP contribution >= 0.6 is 0 Å². The van der Waals surface area contributed by atoms with Crippen LogP contribution in [-0.4, -0.2) is 51.9 Å². The molecule has 118 valence electrons. The van der Waals surface area contributed by atoms with Gasteiger partial charge in [0.2, 0.25) is 0 Å². The van der Waals surface area contributed by atoms with E-state index < -0.39 is 0 Å². The van der Waals surface area contributed by atoms with Gasteiger partial charge in [-0.15, -0.1) is 0 Å². The number of H-pyrrole nitrogens is 1. The highest BCUT2D eigenvalue weighted by Gasteiger charge is 2.31. The molecule has 0 spiro atoms. The van der Waals surface area contributed by atoms with Crippen molar-refractivity contribution in [3.8, 4) is 6.07 Å². The smallest absolute Gasteiger partial charge is 0.254 e. The van der Waals surface area contributed by atoms with Crippen LogP contribution in [0, 0.1) is 11.3 Å². The fourth-order valence-corrected chi connectivity index (χ4v) is 3.01. The monoisotopic (exact) mass is 309 g/mol. The van der Waals surface area contributed by atoms with Crippen molar-refractivity contribution in [3.63, 3.8) is 0 Å². The molecule has 1 aliphatic rings. The molecule has 6 nitrogen and oxygen atoms in total. The van der Waals surface area contributed by atoms with E-state index in [2.05, 4.69) is 27.9 Å². The van der Waals surface area contributed by atoms with E-state index in [9.17, 15) is 4.79 Å². The van der Waals surface area contributed by atoms with Gasteiger partial charge in [-0.3, -0.25) is 9.69 Å². The number of rotatable bonds is 3. The Hall–Kier alpha value is -2.65. The van der Waals surface area contributed by atoms with Gasteiger partial charge in [-0.2, -0.15) is 5.26 Å². The summed E-state index contributed by atoms with van der Waals surface area (Å²) in [5.41, 5.74) is 1.07. The molecule has 0 saturated carbocycles. The molecule has 1 amide bonds. The number of aromatic nitrogens is 2. The van der Waals surface area contributed by atoms with E-state index in [1.807, 2.05) is 4.90 Å². The molecule has 2 heterocycles. The number of imidazole rings is 1. The Kier molecular flexibility index (Phi) is 4.40. The highest BCUT2D eigenvalue weighted by molar-refractivity contribution is 5.94. The highest BCUT2D eigenvalue weighted by Crippen LogP contribution is 2.23. The van der Waals surface area contributed by atoms with Crippen molar-refractivity contribution in [3.05, 3.63) is 53.6 Å². The van der Waals surface area contributed by atoms with Crippen molar-refractivity contribution in [2.45, 2.75) is 13.0 Å². The lowest BCUT2D eigenvalue weighted by atomic mass is 10.1. The second-order valence-electron chi connectivity index (χ2n) is 5.56. The average molecular weight is 309 g/mol. The quantitative estimate of drug-likeness (QED) is 0.938. The first-order chi connectivity index (χ1) is 11.2. The third-order valence-corrected chi connectivity index (χ3v) is 4.26. The molecule has 6 heteroatoms. The van der Waals surface area contributed by atoms with Gasteiger partial charge in [0.25, 0.3) is 5.91 Å². The SMILES string of the molecule is CCN1CCN(C(=O)c2cccc(C#N)c2)C[C@H]1c1ncc[nH]1. The number of piperazine rings is 1. The zero-order chi connectivity index (χ0) is 16.2. The molecule has 1 saturated heterocycles. The van der Waals surface area contributed by atoms with Gasteiger partial charge in [0.1, 0.15) is 5.82 Å².